The van der Waals surface area contributed by atoms with Crippen molar-refractivity contribution in [3.63, 3.8) is 0 Å². The summed E-state index contributed by atoms with van der Waals surface area (Å²) >= 11 is 5.51. The summed E-state index contributed by atoms with van der Waals surface area (Å²) in [6, 6.07) is 13.7. The minimum atomic E-state index is -0.135. The summed E-state index contributed by atoms with van der Waals surface area (Å²) in [5, 5.41) is 10.9. The van der Waals surface area contributed by atoms with Gasteiger partial charge in [-0.1, -0.05) is 53.1 Å². The number of nitrogens with two attached hydrogens (primary N) is 1. The van der Waals surface area contributed by atoms with Crippen molar-refractivity contribution in [3.05, 3.63) is 48.0 Å². The van der Waals surface area contributed by atoms with E-state index in [0.29, 0.717) is 20.9 Å². The first-order chi connectivity index (χ1) is 16.0. The molecule has 2 aromatic heterocycles. The van der Waals surface area contributed by atoms with Gasteiger partial charge in [-0.2, -0.15) is 0 Å². The van der Waals surface area contributed by atoms with Crippen molar-refractivity contribution in [2.45, 2.75) is 15.1 Å². The standard InChI is InChI=1S/C21H18N6O2S4/c22-19-25-26-21(33-19)30-10-17(28)23-13-5-6-14-16(9-13)32-20(24-14)31-11-18(29)27-8-7-12-3-1-2-4-15(12)27/h1-6,9H,7-8,10-11H2,(H2,22,25)(H,23,28). The minimum Gasteiger partial charge on any atom is -0.374 e. The van der Waals surface area contributed by atoms with Crippen LogP contribution in [0.1, 0.15) is 5.56 Å². The molecule has 12 heteroatoms. The van der Waals surface area contributed by atoms with Gasteiger partial charge in [-0.15, -0.1) is 21.5 Å². The van der Waals surface area contributed by atoms with Crippen LogP contribution in [0.15, 0.2) is 51.1 Å². The lowest BCUT2D eigenvalue weighted by atomic mass is 10.2. The SMILES string of the molecule is Nc1nnc(SCC(=O)Nc2ccc3nc(SCC(=O)N4CCc5ccccc54)sc3c2)s1. The molecule has 33 heavy (non-hydrogen) atoms. The first kappa shape index (κ1) is 22.1. The van der Waals surface area contributed by atoms with Crippen LogP contribution >= 0.6 is 46.2 Å². The summed E-state index contributed by atoms with van der Waals surface area (Å²) in [5.74, 6) is 0.513. The Kier molecular flexibility index (Phi) is 6.49. The van der Waals surface area contributed by atoms with Crippen molar-refractivity contribution >= 4 is 84.7 Å². The molecule has 2 aromatic carbocycles. The Labute approximate surface area is 206 Å². The van der Waals surface area contributed by atoms with E-state index in [0.717, 1.165) is 33.2 Å². The van der Waals surface area contributed by atoms with Gasteiger partial charge < -0.3 is 16.0 Å². The van der Waals surface area contributed by atoms with Gasteiger partial charge >= 0.3 is 0 Å². The zero-order valence-corrected chi connectivity index (χ0v) is 20.5. The molecule has 0 saturated carbocycles. The van der Waals surface area contributed by atoms with E-state index in [4.69, 9.17) is 5.73 Å². The van der Waals surface area contributed by atoms with Crippen LogP contribution in [0.5, 0.6) is 0 Å². The molecule has 0 atom stereocenters. The molecule has 0 aliphatic carbocycles. The lowest BCUT2D eigenvalue weighted by Crippen LogP contribution is -2.30. The number of nitrogens with one attached hydrogen (secondary N) is 1. The van der Waals surface area contributed by atoms with Gasteiger partial charge in [0.15, 0.2) is 8.68 Å². The second-order valence-electron chi connectivity index (χ2n) is 7.12. The lowest BCUT2D eigenvalue weighted by molar-refractivity contribution is -0.116. The Morgan fingerprint density at radius 3 is 2.76 bits per heavy atom. The summed E-state index contributed by atoms with van der Waals surface area (Å²) in [6.07, 6.45) is 0.898. The zero-order chi connectivity index (χ0) is 22.8. The van der Waals surface area contributed by atoms with Crippen molar-refractivity contribution in [2.24, 2.45) is 0 Å². The van der Waals surface area contributed by atoms with Crippen LogP contribution in [-0.2, 0) is 16.0 Å². The van der Waals surface area contributed by atoms with Gasteiger partial charge in [0.1, 0.15) is 0 Å². The maximum Gasteiger partial charge on any atom is 0.237 e. The van der Waals surface area contributed by atoms with E-state index in [-0.39, 0.29) is 17.6 Å². The number of hydrogen-bond acceptors (Lipinski definition) is 10. The molecule has 8 nitrogen and oxygen atoms in total. The number of benzene rings is 2. The van der Waals surface area contributed by atoms with Gasteiger partial charge in [0.05, 0.1) is 21.7 Å². The molecule has 4 aromatic rings. The van der Waals surface area contributed by atoms with E-state index in [1.165, 1.54) is 51.8 Å². The average molecular weight is 515 g/mol. The molecule has 2 amide bonds. The first-order valence-corrected chi connectivity index (χ1v) is 13.6. The van der Waals surface area contributed by atoms with Gasteiger partial charge in [0.25, 0.3) is 0 Å². The summed E-state index contributed by atoms with van der Waals surface area (Å²) in [7, 11) is 0. The molecule has 5 rings (SSSR count). The molecule has 0 bridgehead atoms. The molecule has 168 valence electrons. The van der Waals surface area contributed by atoms with Crippen molar-refractivity contribution < 1.29 is 9.59 Å². The average Bonchev–Trinajstić information content (AvgIpc) is 3.53. The molecular formula is C21H18N6O2S4. The molecule has 3 heterocycles. The second-order valence-corrected chi connectivity index (χ2v) is 11.6. The highest BCUT2D eigenvalue weighted by Crippen LogP contribution is 2.33. The van der Waals surface area contributed by atoms with Gasteiger partial charge in [-0.25, -0.2) is 4.98 Å². The van der Waals surface area contributed by atoms with E-state index in [9.17, 15) is 9.59 Å². The smallest absolute Gasteiger partial charge is 0.237 e. The monoisotopic (exact) mass is 514 g/mol. The summed E-state index contributed by atoms with van der Waals surface area (Å²) < 4.78 is 2.45. The predicted octanol–water partition coefficient (Wildman–Crippen LogP) is 4.14. The first-order valence-electron chi connectivity index (χ1n) is 9.98. The number of carbonyl (C=O) groups is 2. The number of hydrogen-bond donors (Lipinski definition) is 2. The van der Waals surface area contributed by atoms with Gasteiger partial charge in [-0.3, -0.25) is 9.59 Å². The van der Waals surface area contributed by atoms with E-state index in [2.05, 4.69) is 26.6 Å². The quantitative estimate of drug-likeness (QED) is 0.354. The topological polar surface area (TPSA) is 114 Å². The van der Waals surface area contributed by atoms with Crippen LogP contribution in [0.4, 0.5) is 16.5 Å². The number of thiazole rings is 1. The van der Waals surface area contributed by atoms with Crippen LogP contribution < -0.4 is 16.0 Å². The highest BCUT2D eigenvalue weighted by atomic mass is 32.2. The number of aromatic nitrogens is 3. The molecule has 0 unspecified atom stereocenters. The third-order valence-electron chi connectivity index (χ3n) is 4.91. The Hall–Kier alpha value is -2.67. The molecule has 1 aliphatic rings. The van der Waals surface area contributed by atoms with Crippen LogP contribution in [0.25, 0.3) is 10.2 Å². The van der Waals surface area contributed by atoms with Gasteiger partial charge in [0.2, 0.25) is 16.9 Å². The number of nitrogen functional groups attached to an aromatic ring is 1. The second kappa shape index (κ2) is 9.67. The Bertz CT molecular complexity index is 1340. The minimum absolute atomic E-state index is 0.0897. The van der Waals surface area contributed by atoms with Gasteiger partial charge in [0, 0.05) is 17.9 Å². The van der Waals surface area contributed by atoms with Crippen molar-refractivity contribution in [3.8, 4) is 0 Å². The molecule has 0 radical (unpaired) electrons. The number of anilines is 3. The number of thioether (sulfide) groups is 2. The third-order valence-corrected chi connectivity index (χ3v) is 8.94. The number of rotatable bonds is 7. The molecular weight excluding hydrogens is 497 g/mol. The zero-order valence-electron chi connectivity index (χ0n) is 17.2. The van der Waals surface area contributed by atoms with Crippen LogP contribution in [0.3, 0.4) is 0 Å². The van der Waals surface area contributed by atoms with E-state index >= 15 is 0 Å². The summed E-state index contributed by atoms with van der Waals surface area (Å²) in [4.78, 5) is 31.5. The van der Waals surface area contributed by atoms with E-state index in [1.54, 1.807) is 0 Å². The molecule has 0 spiro atoms. The maximum atomic E-state index is 12.8. The van der Waals surface area contributed by atoms with Crippen LogP contribution in [-0.4, -0.2) is 45.0 Å². The maximum absolute atomic E-state index is 12.8. The number of para-hydroxylation sites is 1. The normalized spacial score (nSPS) is 12.8. The number of carbonyl (C=O) groups excluding carboxylic acids is 2. The number of nitrogens with zero attached hydrogens (tertiary/aromatic N) is 4. The van der Waals surface area contributed by atoms with Crippen molar-refractivity contribution in [1.82, 2.24) is 15.2 Å². The summed E-state index contributed by atoms with van der Waals surface area (Å²) in [5.41, 5.74) is 9.34. The number of fused-ring (bicyclic) bond motifs is 2. The number of amides is 2. The largest absolute Gasteiger partial charge is 0.374 e. The lowest BCUT2D eigenvalue weighted by Gasteiger charge is -2.16. The highest BCUT2D eigenvalue weighted by Gasteiger charge is 2.24. The van der Waals surface area contributed by atoms with Crippen LogP contribution in [0, 0.1) is 0 Å². The fourth-order valence-electron chi connectivity index (χ4n) is 3.44. The van der Waals surface area contributed by atoms with E-state index in [1.807, 2.05) is 41.3 Å². The Morgan fingerprint density at radius 1 is 1.06 bits per heavy atom. The summed E-state index contributed by atoms with van der Waals surface area (Å²) in [6.45, 7) is 0.729. The Morgan fingerprint density at radius 2 is 1.91 bits per heavy atom. The fraction of sp³-hybridized carbons (Fsp3) is 0.190. The molecule has 0 saturated heterocycles. The Balaban J connectivity index is 1.18. The van der Waals surface area contributed by atoms with Crippen molar-refractivity contribution in [1.29, 1.82) is 0 Å². The highest BCUT2D eigenvalue weighted by molar-refractivity contribution is 8.02. The third kappa shape index (κ3) is 5.13. The molecule has 3 N–H and O–H groups in total. The van der Waals surface area contributed by atoms with Crippen molar-refractivity contribution in [2.75, 3.05) is 34.0 Å². The van der Waals surface area contributed by atoms with Crippen LogP contribution in [0.2, 0.25) is 0 Å². The predicted molar refractivity (Wildman–Crippen MR) is 137 cm³/mol. The molecule has 0 fully saturated rings. The van der Waals surface area contributed by atoms with Gasteiger partial charge in [-0.05, 0) is 36.2 Å². The molecule has 1 aliphatic heterocycles. The van der Waals surface area contributed by atoms with E-state index < -0.39 is 0 Å². The fourth-order valence-corrected chi connectivity index (χ4v) is 6.86.